The van der Waals surface area contributed by atoms with Crippen molar-refractivity contribution in [2.24, 2.45) is 11.0 Å². The van der Waals surface area contributed by atoms with Crippen LogP contribution in [0.25, 0.3) is 0 Å². The molecule has 0 radical (unpaired) electrons. The highest BCUT2D eigenvalue weighted by molar-refractivity contribution is 6.32. The summed E-state index contributed by atoms with van der Waals surface area (Å²) in [6.45, 7) is 1.78. The van der Waals surface area contributed by atoms with Crippen LogP contribution in [0.3, 0.4) is 0 Å². The molecule has 0 bridgehead atoms. The fourth-order valence-electron chi connectivity index (χ4n) is 2.64. The maximum absolute atomic E-state index is 10.9. The molecule has 0 amide bonds. The van der Waals surface area contributed by atoms with Crippen molar-refractivity contribution in [3.05, 3.63) is 38.9 Å². The summed E-state index contributed by atoms with van der Waals surface area (Å²) in [5.41, 5.74) is 5.02. The summed E-state index contributed by atoms with van der Waals surface area (Å²) in [5, 5.41) is 18.8. The Labute approximate surface area is 115 Å². The van der Waals surface area contributed by atoms with E-state index in [0.29, 0.717) is 0 Å². The van der Waals surface area contributed by atoms with Gasteiger partial charge >= 0.3 is 0 Å². The van der Waals surface area contributed by atoms with E-state index < -0.39 is 4.92 Å². The molecular formula is C12H13ClN4O2. The number of hydrogen-bond acceptors (Lipinski definition) is 5. The van der Waals surface area contributed by atoms with E-state index in [1.807, 2.05) is 6.07 Å². The summed E-state index contributed by atoms with van der Waals surface area (Å²) >= 11 is 5.83. The number of fused-ring (bicyclic) bond motifs is 1. The van der Waals surface area contributed by atoms with Crippen LogP contribution in [-0.2, 0) is 0 Å². The van der Waals surface area contributed by atoms with Crippen LogP contribution in [0.2, 0.25) is 5.02 Å². The molecule has 2 heterocycles. The van der Waals surface area contributed by atoms with E-state index in [9.17, 15) is 10.1 Å². The fraction of sp³-hybridized carbons (Fsp3) is 0.417. The Morgan fingerprint density at radius 1 is 1.47 bits per heavy atom. The number of hydrogen-bond donors (Lipinski definition) is 2. The Hall–Kier alpha value is -1.66. The Morgan fingerprint density at radius 2 is 2.32 bits per heavy atom. The number of nitro benzene ring substituents is 1. The number of nitro groups is 1. The average molecular weight is 281 g/mol. The summed E-state index contributed by atoms with van der Waals surface area (Å²) < 4.78 is 0. The molecule has 1 aromatic carbocycles. The SMILES string of the molecule is O=[N+]([O-])c1cc(C2NN=C3CCNCC32)ccc1Cl. The molecule has 0 spiro atoms. The van der Waals surface area contributed by atoms with E-state index in [1.165, 1.54) is 6.07 Å². The standard InChI is InChI=1S/C12H13ClN4O2/c13-9-2-1-7(5-11(9)17(18)19)12-8-6-14-4-3-10(8)15-16-12/h1-2,5,8,12,14,16H,3-4,6H2. The van der Waals surface area contributed by atoms with Gasteiger partial charge in [0.15, 0.2) is 0 Å². The second-order valence-corrected chi connectivity index (χ2v) is 5.15. The Balaban J connectivity index is 1.91. The van der Waals surface area contributed by atoms with Crippen molar-refractivity contribution in [3.8, 4) is 0 Å². The lowest BCUT2D eigenvalue weighted by molar-refractivity contribution is -0.384. The van der Waals surface area contributed by atoms with Crippen molar-refractivity contribution in [2.75, 3.05) is 13.1 Å². The maximum Gasteiger partial charge on any atom is 0.288 e. The van der Waals surface area contributed by atoms with Crippen LogP contribution >= 0.6 is 11.6 Å². The van der Waals surface area contributed by atoms with E-state index in [0.717, 1.165) is 30.8 Å². The number of piperidine rings is 1. The monoisotopic (exact) mass is 280 g/mol. The second-order valence-electron chi connectivity index (χ2n) is 4.74. The average Bonchev–Trinajstić information content (AvgIpc) is 2.83. The van der Waals surface area contributed by atoms with Crippen molar-refractivity contribution in [2.45, 2.75) is 12.5 Å². The van der Waals surface area contributed by atoms with Gasteiger partial charge < -0.3 is 10.7 Å². The molecule has 1 fully saturated rings. The van der Waals surface area contributed by atoms with Crippen LogP contribution in [0.15, 0.2) is 23.3 Å². The van der Waals surface area contributed by atoms with Crippen LogP contribution in [0.5, 0.6) is 0 Å². The molecule has 3 rings (SSSR count). The second kappa shape index (κ2) is 4.79. The molecule has 2 atom stereocenters. The van der Waals surface area contributed by atoms with Crippen LogP contribution in [0.1, 0.15) is 18.0 Å². The summed E-state index contributed by atoms with van der Waals surface area (Å²) in [6.07, 6.45) is 0.920. The summed E-state index contributed by atoms with van der Waals surface area (Å²) in [4.78, 5) is 10.5. The molecular weight excluding hydrogens is 268 g/mol. The Bertz CT molecular complexity index is 561. The number of hydrazone groups is 1. The molecule has 100 valence electrons. The topological polar surface area (TPSA) is 79.6 Å². The van der Waals surface area contributed by atoms with Crippen LogP contribution in [0, 0.1) is 16.0 Å². The van der Waals surface area contributed by atoms with Gasteiger partial charge in [-0.2, -0.15) is 5.10 Å². The highest BCUT2D eigenvalue weighted by atomic mass is 35.5. The minimum absolute atomic E-state index is 0.0150. The maximum atomic E-state index is 10.9. The molecule has 19 heavy (non-hydrogen) atoms. The van der Waals surface area contributed by atoms with Gasteiger partial charge in [0.25, 0.3) is 5.69 Å². The molecule has 0 aromatic heterocycles. The number of nitrogens with one attached hydrogen (secondary N) is 2. The third-order valence-electron chi connectivity index (χ3n) is 3.63. The fourth-order valence-corrected chi connectivity index (χ4v) is 2.83. The van der Waals surface area contributed by atoms with Crippen molar-refractivity contribution in [1.82, 2.24) is 10.7 Å². The quantitative estimate of drug-likeness (QED) is 0.640. The van der Waals surface area contributed by atoms with Gasteiger partial charge in [-0.25, -0.2) is 0 Å². The van der Waals surface area contributed by atoms with Crippen molar-refractivity contribution >= 4 is 23.0 Å². The first kappa shape index (κ1) is 12.4. The van der Waals surface area contributed by atoms with Crippen LogP contribution in [0.4, 0.5) is 5.69 Å². The zero-order chi connectivity index (χ0) is 13.4. The smallest absolute Gasteiger partial charge is 0.288 e. The highest BCUT2D eigenvalue weighted by Crippen LogP contribution is 2.34. The van der Waals surface area contributed by atoms with E-state index in [4.69, 9.17) is 11.6 Å². The van der Waals surface area contributed by atoms with E-state index >= 15 is 0 Å². The van der Waals surface area contributed by atoms with Crippen molar-refractivity contribution in [3.63, 3.8) is 0 Å². The lowest BCUT2D eigenvalue weighted by Crippen LogP contribution is -2.38. The number of halogens is 1. The lowest BCUT2D eigenvalue weighted by Gasteiger charge is -2.25. The Morgan fingerprint density at radius 3 is 3.11 bits per heavy atom. The van der Waals surface area contributed by atoms with E-state index in [-0.39, 0.29) is 22.7 Å². The zero-order valence-electron chi connectivity index (χ0n) is 10.1. The highest BCUT2D eigenvalue weighted by Gasteiger charge is 2.35. The molecule has 7 heteroatoms. The zero-order valence-corrected chi connectivity index (χ0v) is 10.9. The van der Waals surface area contributed by atoms with Gasteiger partial charge in [-0.05, 0) is 11.6 Å². The van der Waals surface area contributed by atoms with Gasteiger partial charge in [0.1, 0.15) is 5.02 Å². The third-order valence-corrected chi connectivity index (χ3v) is 3.95. The predicted octanol–water partition coefficient (Wildman–Crippen LogP) is 1.86. The van der Waals surface area contributed by atoms with Gasteiger partial charge in [-0.3, -0.25) is 10.1 Å². The molecule has 1 saturated heterocycles. The minimum atomic E-state index is -0.457. The summed E-state index contributed by atoms with van der Waals surface area (Å²) in [6, 6.07) is 4.91. The van der Waals surface area contributed by atoms with Crippen LogP contribution < -0.4 is 10.7 Å². The largest absolute Gasteiger partial charge is 0.316 e. The third kappa shape index (κ3) is 2.17. The first-order chi connectivity index (χ1) is 9.16. The van der Waals surface area contributed by atoms with E-state index in [1.54, 1.807) is 6.07 Å². The summed E-state index contributed by atoms with van der Waals surface area (Å²) in [7, 11) is 0. The van der Waals surface area contributed by atoms with Crippen molar-refractivity contribution in [1.29, 1.82) is 0 Å². The lowest BCUT2D eigenvalue weighted by atomic mass is 9.87. The first-order valence-corrected chi connectivity index (χ1v) is 6.51. The van der Waals surface area contributed by atoms with E-state index in [2.05, 4.69) is 15.8 Å². The van der Waals surface area contributed by atoms with Gasteiger partial charge in [0, 0.05) is 37.2 Å². The van der Waals surface area contributed by atoms with Gasteiger partial charge in [0.05, 0.1) is 11.0 Å². The molecule has 2 unspecified atom stereocenters. The molecule has 2 aliphatic rings. The van der Waals surface area contributed by atoms with Gasteiger partial charge in [0.2, 0.25) is 0 Å². The molecule has 0 saturated carbocycles. The number of benzene rings is 1. The van der Waals surface area contributed by atoms with Gasteiger partial charge in [-0.15, -0.1) is 0 Å². The van der Waals surface area contributed by atoms with Crippen LogP contribution in [-0.4, -0.2) is 23.7 Å². The minimum Gasteiger partial charge on any atom is -0.316 e. The molecule has 2 aliphatic heterocycles. The normalized spacial score (nSPS) is 25.4. The predicted molar refractivity (Wildman–Crippen MR) is 72.4 cm³/mol. The molecule has 2 N–H and O–H groups in total. The summed E-state index contributed by atoms with van der Waals surface area (Å²) in [5.74, 6) is 0.259. The Kier molecular flexibility index (Phi) is 3.12. The van der Waals surface area contributed by atoms with Crippen molar-refractivity contribution < 1.29 is 4.92 Å². The molecule has 1 aromatic rings. The first-order valence-electron chi connectivity index (χ1n) is 6.13. The molecule has 0 aliphatic carbocycles. The molecule has 6 nitrogen and oxygen atoms in total. The van der Waals surface area contributed by atoms with Gasteiger partial charge in [-0.1, -0.05) is 17.7 Å². The number of nitrogens with zero attached hydrogens (tertiary/aromatic N) is 2. The number of rotatable bonds is 2.